The highest BCUT2D eigenvalue weighted by Gasteiger charge is 2.43. The number of ketones is 2. The van der Waals surface area contributed by atoms with Gasteiger partial charge in [-0.3, -0.25) is 19.2 Å². The van der Waals surface area contributed by atoms with E-state index in [1.807, 2.05) is 0 Å². The molecule has 0 saturated carbocycles. The Morgan fingerprint density at radius 2 is 1.17 bits per heavy atom. The molecule has 0 atom stereocenters. The molecule has 0 unspecified atom stereocenters. The average Bonchev–Trinajstić information content (AvgIpc) is 3.88. The molecule has 4 aliphatic heterocycles. The van der Waals surface area contributed by atoms with Crippen molar-refractivity contribution in [2.75, 3.05) is 36.8 Å². The molecule has 2 aromatic carbocycles. The van der Waals surface area contributed by atoms with E-state index in [1.165, 1.54) is 24.7 Å². The van der Waals surface area contributed by atoms with E-state index in [0.29, 0.717) is 49.4 Å². The predicted molar refractivity (Wildman–Crippen MR) is 201 cm³/mol. The van der Waals surface area contributed by atoms with Gasteiger partial charge >= 0.3 is 6.03 Å². The summed E-state index contributed by atoms with van der Waals surface area (Å²) in [5.41, 5.74) is 15.2. The predicted octanol–water partition coefficient (Wildman–Crippen LogP) is 4.32. The number of furan rings is 2. The lowest BCUT2D eigenvalue weighted by molar-refractivity contribution is 0.0909. The summed E-state index contributed by atoms with van der Waals surface area (Å²) < 4.78 is 64.6. The third-order valence-corrected chi connectivity index (χ3v) is 10.5. The molecule has 6 heterocycles. The summed E-state index contributed by atoms with van der Waals surface area (Å²) in [6.45, 7) is 2.70. The van der Waals surface area contributed by atoms with Gasteiger partial charge in [0.05, 0.1) is 35.6 Å². The standard InChI is InChI=1S/C20H20F2N4O4.C13H14F2N2O.C6H8N2O2/c21-12-6-14-16(27)8-20(25-17(14)15(22)7-12)1-3-26(4-2-20)19(29)24-9-13-5-11(10-30-13)18(23)28;14-8-5-9-11(18)7-13(1-3-16-4-2-13)17-12(9)10(15)6-8;7-2-5-1-4(3-10-5)6(8)9/h5-7,10,25H,1-4,8-9H2,(H2,23,28)(H,24,29);5-6,16-17H,1-4,7H2;1,3H,2,7H2,(H2,8,9). The van der Waals surface area contributed by atoms with Crippen LogP contribution in [0.3, 0.4) is 0 Å². The molecular formula is C39H42F4N8O7. The third-order valence-electron chi connectivity index (χ3n) is 10.5. The molecule has 58 heavy (non-hydrogen) atoms. The van der Waals surface area contributed by atoms with Crippen LogP contribution in [0.2, 0.25) is 0 Å². The molecule has 0 bridgehead atoms. The summed E-state index contributed by atoms with van der Waals surface area (Å²) in [6, 6.07) is 6.39. The van der Waals surface area contributed by atoms with Gasteiger partial charge in [0.2, 0.25) is 0 Å². The fourth-order valence-electron chi connectivity index (χ4n) is 7.41. The molecular weight excluding hydrogens is 768 g/mol. The maximum absolute atomic E-state index is 14.2. The number of nitrogens with zero attached hydrogens (tertiary/aromatic N) is 1. The molecule has 8 rings (SSSR count). The van der Waals surface area contributed by atoms with Crippen LogP contribution in [-0.4, -0.2) is 71.6 Å². The maximum atomic E-state index is 14.2. The van der Waals surface area contributed by atoms with Crippen LogP contribution in [0.15, 0.2) is 57.8 Å². The molecule has 19 heteroatoms. The Hall–Kier alpha value is -6.21. The number of nitrogens with two attached hydrogens (primary N) is 3. The summed E-state index contributed by atoms with van der Waals surface area (Å²) in [6.07, 6.45) is 5.37. The minimum Gasteiger partial charge on any atom is -0.467 e. The summed E-state index contributed by atoms with van der Waals surface area (Å²) >= 11 is 0. The van der Waals surface area contributed by atoms with Crippen molar-refractivity contribution in [3.05, 3.63) is 106 Å². The van der Waals surface area contributed by atoms with Gasteiger partial charge in [-0.25, -0.2) is 22.4 Å². The van der Waals surface area contributed by atoms with E-state index in [4.69, 9.17) is 26.0 Å². The second kappa shape index (κ2) is 17.1. The number of nitrogens with one attached hydrogen (secondary N) is 4. The lowest BCUT2D eigenvalue weighted by atomic mass is 9.78. The normalized spacial score (nSPS) is 17.4. The zero-order valence-electron chi connectivity index (χ0n) is 31.2. The Balaban J connectivity index is 0.000000170. The topological polar surface area (TPSA) is 241 Å². The fraction of sp³-hybridized carbons (Fsp3) is 0.359. The molecule has 2 saturated heterocycles. The van der Waals surface area contributed by atoms with Gasteiger partial charge in [-0.1, -0.05) is 0 Å². The second-order valence-electron chi connectivity index (χ2n) is 14.6. The Morgan fingerprint density at radius 3 is 1.62 bits per heavy atom. The number of Topliss-reactive ketones (excluding diaryl/α,β-unsaturated/α-hetero) is 2. The number of carbonyl (C=O) groups excluding carboxylic acids is 5. The number of likely N-dealkylation sites (tertiary alicyclic amines) is 1. The maximum Gasteiger partial charge on any atom is 0.317 e. The van der Waals surface area contributed by atoms with Crippen LogP contribution >= 0.6 is 0 Å². The molecule has 2 spiro atoms. The van der Waals surface area contributed by atoms with Crippen molar-refractivity contribution in [3.63, 3.8) is 0 Å². The van der Waals surface area contributed by atoms with Crippen LogP contribution in [0.5, 0.6) is 0 Å². The number of hydrogen-bond acceptors (Lipinski definition) is 11. The van der Waals surface area contributed by atoms with Crippen molar-refractivity contribution in [2.45, 2.75) is 62.7 Å². The SMILES string of the molecule is NC(=O)c1coc(CNC(=O)N2CCC3(CC2)CC(=O)c2cc(F)cc(F)c2N3)c1.NCc1cc(C(N)=O)co1.O=C1CC2(CCNCC2)Nc2c(F)cc(F)cc21. The second-order valence-corrected chi connectivity index (χ2v) is 14.6. The van der Waals surface area contributed by atoms with Crippen LogP contribution < -0.4 is 38.5 Å². The Labute approximate surface area is 329 Å². The van der Waals surface area contributed by atoms with Gasteiger partial charge in [0.25, 0.3) is 11.8 Å². The zero-order valence-corrected chi connectivity index (χ0v) is 31.2. The molecule has 4 amide bonds. The van der Waals surface area contributed by atoms with E-state index in [9.17, 15) is 41.5 Å². The minimum absolute atomic E-state index is 0.0204. The lowest BCUT2D eigenvalue weighted by Crippen LogP contribution is -2.55. The van der Waals surface area contributed by atoms with Crippen molar-refractivity contribution in [1.82, 2.24) is 15.5 Å². The first kappa shape index (κ1) is 41.4. The lowest BCUT2D eigenvalue weighted by Gasteiger charge is -2.45. The number of amides is 4. The van der Waals surface area contributed by atoms with Gasteiger partial charge in [-0.2, -0.15) is 0 Å². The van der Waals surface area contributed by atoms with Gasteiger partial charge in [0, 0.05) is 60.3 Å². The zero-order chi connectivity index (χ0) is 41.8. The molecule has 0 radical (unpaired) electrons. The number of benzene rings is 2. The highest BCUT2D eigenvalue weighted by Crippen LogP contribution is 2.40. The van der Waals surface area contributed by atoms with Crippen molar-refractivity contribution >= 4 is 40.8 Å². The first-order valence-corrected chi connectivity index (χ1v) is 18.4. The van der Waals surface area contributed by atoms with Crippen LogP contribution in [0.1, 0.15) is 91.5 Å². The van der Waals surface area contributed by atoms with Gasteiger partial charge in [-0.05, 0) is 63.0 Å². The first-order valence-electron chi connectivity index (χ1n) is 18.4. The number of primary amides is 2. The number of urea groups is 1. The summed E-state index contributed by atoms with van der Waals surface area (Å²) in [5.74, 6) is -3.63. The minimum atomic E-state index is -0.800. The van der Waals surface area contributed by atoms with Crippen LogP contribution in [-0.2, 0) is 13.1 Å². The van der Waals surface area contributed by atoms with Crippen LogP contribution in [0.4, 0.5) is 33.7 Å². The van der Waals surface area contributed by atoms with Gasteiger partial charge in [0.1, 0.15) is 47.3 Å². The summed E-state index contributed by atoms with van der Waals surface area (Å²) in [5, 5.41) is 12.1. The number of fused-ring (bicyclic) bond motifs is 2. The van der Waals surface area contributed by atoms with Crippen LogP contribution in [0.25, 0.3) is 0 Å². The molecule has 15 nitrogen and oxygen atoms in total. The molecule has 2 fully saturated rings. The Bertz CT molecular complexity index is 2230. The number of rotatable bonds is 5. The van der Waals surface area contributed by atoms with Crippen LogP contribution in [0, 0.1) is 23.3 Å². The largest absolute Gasteiger partial charge is 0.467 e. The number of carbonyl (C=O) groups is 5. The summed E-state index contributed by atoms with van der Waals surface area (Å²) in [7, 11) is 0. The van der Waals surface area contributed by atoms with E-state index in [1.54, 1.807) is 4.90 Å². The highest BCUT2D eigenvalue weighted by molar-refractivity contribution is 6.05. The number of anilines is 2. The first-order chi connectivity index (χ1) is 27.6. The molecule has 4 aromatic rings. The number of halogens is 4. The molecule has 4 aliphatic rings. The highest BCUT2D eigenvalue weighted by atomic mass is 19.1. The van der Waals surface area contributed by atoms with Gasteiger partial charge in [0.15, 0.2) is 11.6 Å². The smallest absolute Gasteiger partial charge is 0.317 e. The van der Waals surface area contributed by atoms with E-state index in [0.717, 1.165) is 50.2 Å². The monoisotopic (exact) mass is 810 g/mol. The van der Waals surface area contributed by atoms with E-state index >= 15 is 0 Å². The average molecular weight is 811 g/mol. The quantitative estimate of drug-likeness (QED) is 0.140. The molecule has 0 aliphatic carbocycles. The Morgan fingerprint density at radius 1 is 0.707 bits per heavy atom. The summed E-state index contributed by atoms with van der Waals surface area (Å²) in [4.78, 5) is 60.1. The van der Waals surface area contributed by atoms with Crippen molar-refractivity contribution in [2.24, 2.45) is 17.2 Å². The molecule has 2 aromatic heterocycles. The fourth-order valence-corrected chi connectivity index (χ4v) is 7.41. The number of piperidine rings is 2. The van der Waals surface area contributed by atoms with Crippen molar-refractivity contribution < 1.29 is 50.4 Å². The van der Waals surface area contributed by atoms with Crippen molar-refractivity contribution in [1.29, 1.82) is 0 Å². The van der Waals surface area contributed by atoms with Crippen molar-refractivity contribution in [3.8, 4) is 0 Å². The Kier molecular flexibility index (Phi) is 12.2. The van der Waals surface area contributed by atoms with E-state index in [2.05, 4.69) is 21.3 Å². The van der Waals surface area contributed by atoms with Gasteiger partial charge < -0.3 is 52.2 Å². The molecule has 308 valence electrons. The number of hydrogen-bond donors (Lipinski definition) is 7. The van der Waals surface area contributed by atoms with E-state index < -0.39 is 40.6 Å². The van der Waals surface area contributed by atoms with E-state index in [-0.39, 0.29) is 70.7 Å². The third kappa shape index (κ3) is 9.32. The van der Waals surface area contributed by atoms with Gasteiger partial charge in [-0.15, -0.1) is 0 Å². The molecule has 10 N–H and O–H groups in total.